The number of guanidine groups is 1. The lowest BCUT2D eigenvalue weighted by molar-refractivity contribution is -0.114. The third-order valence-electron chi connectivity index (χ3n) is 3.60. The third kappa shape index (κ3) is 7.23. The molecule has 0 bridgehead atoms. The van der Waals surface area contributed by atoms with Crippen LogP contribution in [0.25, 0.3) is 0 Å². The van der Waals surface area contributed by atoms with Gasteiger partial charge in [-0.1, -0.05) is 13.0 Å². The van der Waals surface area contributed by atoms with E-state index in [4.69, 9.17) is 0 Å². The van der Waals surface area contributed by atoms with Crippen molar-refractivity contribution >= 4 is 28.9 Å². The number of benzene rings is 1. The van der Waals surface area contributed by atoms with Crippen LogP contribution in [-0.2, 0) is 11.2 Å². The Kier molecular flexibility index (Phi) is 8.08. The Hall–Kier alpha value is -2.41. The predicted molar refractivity (Wildman–Crippen MR) is 106 cm³/mol. The van der Waals surface area contributed by atoms with Gasteiger partial charge in [0, 0.05) is 23.7 Å². The van der Waals surface area contributed by atoms with Crippen LogP contribution >= 0.6 is 11.3 Å². The summed E-state index contributed by atoms with van der Waals surface area (Å²) < 4.78 is 12.9. The summed E-state index contributed by atoms with van der Waals surface area (Å²) in [5.41, 5.74) is 0.550. The normalized spacial score (nSPS) is 12.5. The van der Waals surface area contributed by atoms with Crippen molar-refractivity contribution < 1.29 is 9.18 Å². The number of aliphatic imine (C=N–C) groups is 1. The Labute approximate surface area is 157 Å². The molecule has 0 aliphatic rings. The van der Waals surface area contributed by atoms with Crippen molar-refractivity contribution in [2.75, 3.05) is 25.0 Å². The van der Waals surface area contributed by atoms with Gasteiger partial charge in [0.2, 0.25) is 5.91 Å². The minimum Gasteiger partial charge on any atom is -0.357 e. The van der Waals surface area contributed by atoms with E-state index in [1.54, 1.807) is 11.3 Å². The van der Waals surface area contributed by atoms with Crippen LogP contribution in [0.4, 0.5) is 10.1 Å². The quantitative estimate of drug-likeness (QED) is 0.489. The zero-order chi connectivity index (χ0) is 18.8. The summed E-state index contributed by atoms with van der Waals surface area (Å²) in [5.74, 6) is 0.474. The van der Waals surface area contributed by atoms with E-state index in [1.165, 1.54) is 29.1 Å². The first-order chi connectivity index (χ1) is 12.6. The van der Waals surface area contributed by atoms with Crippen LogP contribution in [0.2, 0.25) is 0 Å². The number of anilines is 1. The molecule has 1 heterocycles. The maximum absolute atomic E-state index is 12.9. The van der Waals surface area contributed by atoms with Crippen molar-refractivity contribution in [2.45, 2.75) is 20.3 Å². The summed E-state index contributed by atoms with van der Waals surface area (Å²) in [6, 6.07) is 9.85. The number of nitrogens with one attached hydrogen (secondary N) is 3. The fraction of sp³-hybridized carbons (Fsp3) is 0.368. The van der Waals surface area contributed by atoms with Crippen molar-refractivity contribution in [3.05, 3.63) is 52.5 Å². The molecule has 0 radical (unpaired) electrons. The molecule has 5 nitrogen and oxygen atoms in total. The van der Waals surface area contributed by atoms with Crippen molar-refractivity contribution in [3.63, 3.8) is 0 Å². The van der Waals surface area contributed by atoms with Crippen LogP contribution in [0.3, 0.4) is 0 Å². The van der Waals surface area contributed by atoms with Gasteiger partial charge in [-0.2, -0.15) is 0 Å². The zero-order valence-electron chi connectivity index (χ0n) is 15.1. The number of thiophene rings is 1. The smallest absolute Gasteiger partial charge is 0.246 e. The molecule has 1 aromatic carbocycles. The molecule has 0 saturated heterocycles. The van der Waals surface area contributed by atoms with Crippen LogP contribution in [0.15, 0.2) is 46.8 Å². The van der Waals surface area contributed by atoms with E-state index in [9.17, 15) is 9.18 Å². The Morgan fingerprint density at radius 3 is 2.65 bits per heavy atom. The highest BCUT2D eigenvalue weighted by Crippen LogP contribution is 2.13. The summed E-state index contributed by atoms with van der Waals surface area (Å²) in [6.07, 6.45) is 1.01. The lowest BCUT2D eigenvalue weighted by Crippen LogP contribution is -2.40. The number of hydrogen-bond donors (Lipinski definition) is 3. The zero-order valence-corrected chi connectivity index (χ0v) is 15.9. The number of nitrogens with zero attached hydrogens (tertiary/aromatic N) is 1. The van der Waals surface area contributed by atoms with Crippen molar-refractivity contribution in [2.24, 2.45) is 10.9 Å². The second-order valence-corrected chi connectivity index (χ2v) is 7.05. The minimum atomic E-state index is -0.337. The minimum absolute atomic E-state index is 0.00792. The second-order valence-electron chi connectivity index (χ2n) is 6.02. The first-order valence-electron chi connectivity index (χ1n) is 8.66. The first-order valence-corrected chi connectivity index (χ1v) is 9.54. The summed E-state index contributed by atoms with van der Waals surface area (Å²) >= 11 is 1.76. The van der Waals surface area contributed by atoms with E-state index in [0.717, 1.165) is 13.0 Å². The lowest BCUT2D eigenvalue weighted by Gasteiger charge is -2.15. The molecule has 1 aromatic heterocycles. The van der Waals surface area contributed by atoms with Gasteiger partial charge < -0.3 is 16.0 Å². The molecule has 3 N–H and O–H groups in total. The Bertz CT molecular complexity index is 701. The van der Waals surface area contributed by atoms with Crippen molar-refractivity contribution in [3.8, 4) is 0 Å². The molecule has 2 rings (SSSR count). The van der Waals surface area contributed by atoms with E-state index in [2.05, 4.69) is 45.4 Å². The van der Waals surface area contributed by atoms with Crippen LogP contribution in [-0.4, -0.2) is 31.5 Å². The number of halogens is 1. The number of hydrogen-bond acceptors (Lipinski definition) is 3. The number of rotatable bonds is 8. The molecular weight excluding hydrogens is 351 g/mol. The number of amides is 1. The molecule has 7 heteroatoms. The van der Waals surface area contributed by atoms with Crippen LogP contribution in [0.1, 0.15) is 18.7 Å². The molecule has 0 fully saturated rings. The maximum atomic E-state index is 12.9. The predicted octanol–water partition coefficient (Wildman–Crippen LogP) is 3.26. The van der Waals surface area contributed by atoms with E-state index < -0.39 is 0 Å². The molecule has 2 aromatic rings. The van der Waals surface area contributed by atoms with E-state index in [0.29, 0.717) is 24.1 Å². The average Bonchev–Trinajstić information content (AvgIpc) is 3.12. The topological polar surface area (TPSA) is 65.5 Å². The molecule has 1 unspecified atom stereocenters. The van der Waals surface area contributed by atoms with Gasteiger partial charge in [0.25, 0.3) is 0 Å². The Morgan fingerprint density at radius 2 is 2.00 bits per heavy atom. The van der Waals surface area contributed by atoms with Gasteiger partial charge in [-0.05, 0) is 55.0 Å². The lowest BCUT2D eigenvalue weighted by atomic mass is 10.1. The molecule has 0 aliphatic carbocycles. The molecule has 0 aliphatic heterocycles. The number of carbonyl (C=O) groups is 1. The maximum Gasteiger partial charge on any atom is 0.246 e. The Balaban J connectivity index is 1.80. The summed E-state index contributed by atoms with van der Waals surface area (Å²) in [4.78, 5) is 17.7. The summed E-state index contributed by atoms with van der Waals surface area (Å²) in [6.45, 7) is 5.63. The SMILES string of the molecule is CCNC(=NCC(=O)Nc1ccc(F)cc1)NCC(C)Cc1cccs1. The van der Waals surface area contributed by atoms with Gasteiger partial charge in [0.15, 0.2) is 5.96 Å². The highest BCUT2D eigenvalue weighted by atomic mass is 32.1. The Morgan fingerprint density at radius 1 is 1.23 bits per heavy atom. The molecular formula is C19H25FN4OS. The standard InChI is InChI=1S/C19H25FN4OS/c1-3-21-19(22-12-14(2)11-17-5-4-10-26-17)23-13-18(25)24-16-8-6-15(20)7-9-16/h4-10,14H,3,11-13H2,1-2H3,(H,24,25)(H2,21,22,23). The van der Waals surface area contributed by atoms with E-state index >= 15 is 0 Å². The van der Waals surface area contributed by atoms with Gasteiger partial charge >= 0.3 is 0 Å². The monoisotopic (exact) mass is 376 g/mol. The first kappa shape index (κ1) is 19.9. The van der Waals surface area contributed by atoms with Gasteiger partial charge in [-0.3, -0.25) is 4.79 Å². The van der Waals surface area contributed by atoms with Crippen molar-refractivity contribution in [1.29, 1.82) is 0 Å². The second kappa shape index (κ2) is 10.6. The van der Waals surface area contributed by atoms with E-state index in [1.807, 2.05) is 6.92 Å². The van der Waals surface area contributed by atoms with Crippen LogP contribution in [0.5, 0.6) is 0 Å². The molecule has 140 valence electrons. The molecule has 0 saturated carbocycles. The average molecular weight is 377 g/mol. The van der Waals surface area contributed by atoms with Gasteiger partial charge in [0.1, 0.15) is 12.4 Å². The molecule has 1 atom stereocenters. The molecule has 26 heavy (non-hydrogen) atoms. The van der Waals surface area contributed by atoms with Gasteiger partial charge in [-0.25, -0.2) is 9.38 Å². The van der Waals surface area contributed by atoms with Crippen molar-refractivity contribution in [1.82, 2.24) is 10.6 Å². The largest absolute Gasteiger partial charge is 0.357 e. The van der Waals surface area contributed by atoms with Crippen LogP contribution in [0, 0.1) is 11.7 Å². The van der Waals surface area contributed by atoms with Gasteiger partial charge in [-0.15, -0.1) is 11.3 Å². The van der Waals surface area contributed by atoms with Crippen LogP contribution < -0.4 is 16.0 Å². The fourth-order valence-corrected chi connectivity index (χ4v) is 3.21. The summed E-state index contributed by atoms with van der Waals surface area (Å²) in [7, 11) is 0. The number of carbonyl (C=O) groups excluding carboxylic acids is 1. The molecule has 1 amide bonds. The highest BCUT2D eigenvalue weighted by Gasteiger charge is 2.07. The molecule has 0 spiro atoms. The van der Waals surface area contributed by atoms with Gasteiger partial charge in [0.05, 0.1) is 0 Å². The van der Waals surface area contributed by atoms with E-state index in [-0.39, 0.29) is 18.3 Å². The highest BCUT2D eigenvalue weighted by molar-refractivity contribution is 7.09. The summed E-state index contributed by atoms with van der Waals surface area (Å²) in [5, 5.41) is 11.2. The third-order valence-corrected chi connectivity index (χ3v) is 4.50. The fourth-order valence-electron chi connectivity index (χ4n) is 2.34.